The molecule has 0 fully saturated rings. The van der Waals surface area contributed by atoms with Crippen molar-refractivity contribution in [2.45, 2.75) is 12.6 Å². The van der Waals surface area contributed by atoms with E-state index in [0.717, 1.165) is 16.9 Å². The van der Waals surface area contributed by atoms with Gasteiger partial charge in [0.15, 0.2) is 5.13 Å². The third-order valence-corrected chi connectivity index (χ3v) is 6.13. The van der Waals surface area contributed by atoms with Crippen LogP contribution in [0.15, 0.2) is 35.1 Å². The molecule has 6 nitrogen and oxygen atoms in total. The number of ether oxygens (including phenoxy) is 1. The summed E-state index contributed by atoms with van der Waals surface area (Å²) in [6.07, 6.45) is 0. The van der Waals surface area contributed by atoms with Gasteiger partial charge >= 0.3 is 0 Å². The van der Waals surface area contributed by atoms with Crippen LogP contribution < -0.4 is 5.56 Å². The monoisotopic (exact) mass is 415 g/mol. The van der Waals surface area contributed by atoms with Crippen molar-refractivity contribution >= 4 is 38.2 Å². The van der Waals surface area contributed by atoms with E-state index in [1.165, 1.54) is 23.1 Å². The molecule has 0 saturated heterocycles. The van der Waals surface area contributed by atoms with Gasteiger partial charge in [0.05, 0.1) is 34.9 Å². The first kappa shape index (κ1) is 18.0. The Morgan fingerprint density at radius 3 is 2.83 bits per heavy atom. The maximum absolute atomic E-state index is 13.7. The van der Waals surface area contributed by atoms with Crippen LogP contribution in [-0.2, 0) is 11.3 Å². The fraction of sp³-hybridized carbons (Fsp3) is 0.200. The first-order valence-corrected chi connectivity index (χ1v) is 9.71. The van der Waals surface area contributed by atoms with E-state index < -0.39 is 17.4 Å². The number of rotatable bonds is 2. The number of halogens is 2. The Morgan fingerprint density at radius 2 is 2.03 bits per heavy atom. The van der Waals surface area contributed by atoms with Crippen LogP contribution in [-0.4, -0.2) is 34.4 Å². The number of H-pyrrole nitrogens is 2. The number of carbonyl (C=O) groups is 1. The predicted octanol–water partition coefficient (Wildman–Crippen LogP) is 3.69. The van der Waals surface area contributed by atoms with Crippen LogP contribution in [0.25, 0.3) is 21.0 Å². The molecule has 0 bridgehead atoms. The molecule has 1 aliphatic rings. The highest BCUT2D eigenvalue weighted by molar-refractivity contribution is 7.17. The number of pyridine rings is 1. The van der Waals surface area contributed by atoms with Crippen LogP contribution in [0.5, 0.6) is 0 Å². The highest BCUT2D eigenvalue weighted by atomic mass is 32.1. The van der Waals surface area contributed by atoms with Crippen molar-refractivity contribution in [3.8, 4) is 0 Å². The molecule has 9 heteroatoms. The van der Waals surface area contributed by atoms with Crippen LogP contribution in [0.2, 0.25) is 0 Å². The molecule has 1 atom stereocenters. The lowest BCUT2D eigenvalue weighted by atomic mass is 9.95. The Hall–Kier alpha value is -3.04. The highest BCUT2D eigenvalue weighted by Gasteiger charge is 2.31. The molecule has 148 valence electrons. The maximum atomic E-state index is 13.7. The van der Waals surface area contributed by atoms with Gasteiger partial charge in [-0.1, -0.05) is 6.07 Å². The van der Waals surface area contributed by atoms with Crippen molar-refractivity contribution in [3.05, 3.63) is 68.6 Å². The lowest BCUT2D eigenvalue weighted by molar-refractivity contribution is 0.0333. The van der Waals surface area contributed by atoms with Gasteiger partial charge in [0, 0.05) is 24.4 Å². The molecule has 1 aliphatic heterocycles. The van der Waals surface area contributed by atoms with Crippen molar-refractivity contribution in [3.63, 3.8) is 0 Å². The second-order valence-corrected chi connectivity index (χ2v) is 8.03. The molecule has 0 radical (unpaired) electrons. The first-order valence-electron chi connectivity index (χ1n) is 8.89. The number of hydrogen-bond acceptors (Lipinski definition) is 4. The number of benzene rings is 1. The summed E-state index contributed by atoms with van der Waals surface area (Å²) in [5.41, 5.74) is 1.80. The summed E-state index contributed by atoms with van der Waals surface area (Å²) >= 11 is 0.962. The Balaban J connectivity index is 1.59. The molecule has 1 aromatic carbocycles. The molecular formula is C20H15F2N3O3S. The summed E-state index contributed by atoms with van der Waals surface area (Å²) in [5, 5.41) is 0.496. The molecule has 0 aliphatic carbocycles. The summed E-state index contributed by atoms with van der Waals surface area (Å²) in [4.78, 5) is 32.6. The lowest BCUT2D eigenvalue weighted by Gasteiger charge is -2.33. The molecule has 0 spiro atoms. The topological polar surface area (TPSA) is 78.2 Å². The summed E-state index contributed by atoms with van der Waals surface area (Å²) in [6.45, 7) is 0.436. The fourth-order valence-electron chi connectivity index (χ4n) is 3.87. The number of amides is 1. The van der Waals surface area contributed by atoms with E-state index in [1.54, 1.807) is 19.2 Å². The zero-order valence-electron chi connectivity index (χ0n) is 15.2. The zero-order valence-corrected chi connectivity index (χ0v) is 16.0. The SMILES string of the molecule is CN(C(=O)c1cc2sc(F)cc2[nH]1)[C@H]1COCc2[nH]c(=O)c3cc(F)ccc3c21. The Kier molecular flexibility index (Phi) is 4.04. The van der Waals surface area contributed by atoms with Gasteiger partial charge in [-0.15, -0.1) is 11.3 Å². The molecule has 3 aromatic heterocycles. The first-order chi connectivity index (χ1) is 13.9. The number of aromatic amines is 2. The number of carbonyl (C=O) groups excluding carboxylic acids is 1. The molecule has 2 N–H and O–H groups in total. The lowest BCUT2D eigenvalue weighted by Crippen LogP contribution is -2.37. The van der Waals surface area contributed by atoms with Gasteiger partial charge in [0.1, 0.15) is 11.5 Å². The van der Waals surface area contributed by atoms with Gasteiger partial charge < -0.3 is 19.6 Å². The Bertz CT molecular complexity index is 1310. The molecule has 29 heavy (non-hydrogen) atoms. The number of nitrogens with zero attached hydrogens (tertiary/aromatic N) is 1. The number of thiophene rings is 1. The Morgan fingerprint density at radius 1 is 1.21 bits per heavy atom. The molecule has 4 heterocycles. The van der Waals surface area contributed by atoms with Gasteiger partial charge in [-0.05, 0) is 23.6 Å². The van der Waals surface area contributed by atoms with Crippen molar-refractivity contribution in [2.75, 3.05) is 13.7 Å². The largest absolute Gasteiger partial charge is 0.373 e. The van der Waals surface area contributed by atoms with Crippen molar-refractivity contribution in [2.24, 2.45) is 0 Å². The van der Waals surface area contributed by atoms with Gasteiger partial charge in [-0.25, -0.2) is 4.39 Å². The van der Waals surface area contributed by atoms with E-state index in [4.69, 9.17) is 4.74 Å². The maximum Gasteiger partial charge on any atom is 0.270 e. The normalized spacial score (nSPS) is 16.3. The number of hydrogen-bond donors (Lipinski definition) is 2. The molecular weight excluding hydrogens is 400 g/mol. The second kappa shape index (κ2) is 6.50. The third kappa shape index (κ3) is 2.85. The minimum absolute atomic E-state index is 0.202. The zero-order chi connectivity index (χ0) is 20.3. The summed E-state index contributed by atoms with van der Waals surface area (Å²) in [6, 6.07) is 6.53. The molecule has 5 rings (SSSR count). The van der Waals surface area contributed by atoms with Gasteiger partial charge in [0.2, 0.25) is 0 Å². The van der Waals surface area contributed by atoms with Crippen LogP contribution in [0.3, 0.4) is 0 Å². The van der Waals surface area contributed by atoms with E-state index in [-0.39, 0.29) is 29.6 Å². The van der Waals surface area contributed by atoms with E-state index in [0.29, 0.717) is 27.0 Å². The summed E-state index contributed by atoms with van der Waals surface area (Å²) in [7, 11) is 1.64. The van der Waals surface area contributed by atoms with Crippen LogP contribution in [0, 0.1) is 10.9 Å². The van der Waals surface area contributed by atoms with E-state index in [9.17, 15) is 18.4 Å². The number of fused-ring (bicyclic) bond motifs is 4. The van der Waals surface area contributed by atoms with Crippen LogP contribution in [0.1, 0.15) is 27.8 Å². The van der Waals surface area contributed by atoms with Crippen molar-refractivity contribution in [1.29, 1.82) is 0 Å². The highest BCUT2D eigenvalue weighted by Crippen LogP contribution is 2.34. The average molecular weight is 415 g/mol. The van der Waals surface area contributed by atoms with Crippen LogP contribution in [0.4, 0.5) is 8.78 Å². The number of nitrogens with one attached hydrogen (secondary N) is 2. The second-order valence-electron chi connectivity index (χ2n) is 6.99. The molecule has 4 aromatic rings. The molecule has 0 saturated carbocycles. The third-order valence-electron chi connectivity index (χ3n) is 5.26. The minimum atomic E-state index is -0.505. The fourth-order valence-corrected chi connectivity index (χ4v) is 4.65. The van der Waals surface area contributed by atoms with Crippen molar-refractivity contribution < 1.29 is 18.3 Å². The predicted molar refractivity (Wildman–Crippen MR) is 105 cm³/mol. The van der Waals surface area contributed by atoms with E-state index in [2.05, 4.69) is 9.97 Å². The minimum Gasteiger partial charge on any atom is -0.373 e. The van der Waals surface area contributed by atoms with Crippen LogP contribution >= 0.6 is 11.3 Å². The number of likely N-dealkylation sites (N-methyl/N-ethyl adjacent to an activating group) is 1. The standard InChI is InChI=1S/C20H15F2N3O3S/c1-25(20(27)13-5-16-12(23-13)6-17(22)29-16)15-8-28-7-14-18(15)10-3-2-9(21)4-11(10)19(26)24-14/h2-6,15,23H,7-8H2,1H3,(H,24,26)/t15-/m0/s1. The average Bonchev–Trinajstić information content (AvgIpc) is 3.24. The Labute approximate surface area is 166 Å². The van der Waals surface area contributed by atoms with Gasteiger partial charge in [0.25, 0.3) is 11.5 Å². The van der Waals surface area contributed by atoms with Crippen molar-refractivity contribution in [1.82, 2.24) is 14.9 Å². The molecule has 1 amide bonds. The summed E-state index contributed by atoms with van der Waals surface area (Å²) in [5.74, 6) is -0.800. The molecule has 0 unspecified atom stereocenters. The summed E-state index contributed by atoms with van der Waals surface area (Å²) < 4.78 is 33.3. The quantitative estimate of drug-likeness (QED) is 0.524. The number of aromatic nitrogens is 2. The van der Waals surface area contributed by atoms with Gasteiger partial charge in [-0.2, -0.15) is 4.39 Å². The van der Waals surface area contributed by atoms with Gasteiger partial charge in [-0.3, -0.25) is 9.59 Å². The smallest absolute Gasteiger partial charge is 0.270 e. The van der Waals surface area contributed by atoms with E-state index in [1.807, 2.05) is 0 Å². The van der Waals surface area contributed by atoms with E-state index >= 15 is 0 Å².